The van der Waals surface area contributed by atoms with Crippen LogP contribution in [-0.2, 0) is 0 Å². The Balaban J connectivity index is 2.46. The second-order valence-corrected chi connectivity index (χ2v) is 4.14. The molecule has 6 heteroatoms. The van der Waals surface area contributed by atoms with Crippen LogP contribution >= 0.6 is 11.3 Å². The summed E-state index contributed by atoms with van der Waals surface area (Å²) in [5.41, 5.74) is 5.90. The third kappa shape index (κ3) is 3.49. The van der Waals surface area contributed by atoms with E-state index in [1.54, 1.807) is 17.3 Å². The molecule has 0 saturated heterocycles. The number of hydrogen-bond donors (Lipinski definition) is 2. The summed E-state index contributed by atoms with van der Waals surface area (Å²) < 4.78 is 0. The molecule has 0 bridgehead atoms. The molecule has 0 atom stereocenters. The molecule has 1 amide bonds. The number of anilines is 1. The van der Waals surface area contributed by atoms with Crippen LogP contribution in [-0.4, -0.2) is 43.0 Å². The molecule has 15 heavy (non-hydrogen) atoms. The molecular weight excluding hydrogens is 212 g/mol. The van der Waals surface area contributed by atoms with Crippen molar-refractivity contribution in [3.63, 3.8) is 0 Å². The summed E-state index contributed by atoms with van der Waals surface area (Å²) in [6.07, 6.45) is 0.929. The SMILES string of the molecule is CNCCCN(C)C(=O)c1csc(N)n1. The van der Waals surface area contributed by atoms with E-state index in [4.69, 9.17) is 5.73 Å². The zero-order valence-corrected chi connectivity index (χ0v) is 9.80. The largest absolute Gasteiger partial charge is 0.375 e. The minimum atomic E-state index is -0.0703. The minimum absolute atomic E-state index is 0.0703. The van der Waals surface area contributed by atoms with Crippen LogP contribution < -0.4 is 11.1 Å². The number of amides is 1. The summed E-state index contributed by atoms with van der Waals surface area (Å²) >= 11 is 1.29. The van der Waals surface area contributed by atoms with Gasteiger partial charge in [-0.3, -0.25) is 4.79 Å². The van der Waals surface area contributed by atoms with Crippen molar-refractivity contribution in [1.29, 1.82) is 0 Å². The fraction of sp³-hybridized carbons (Fsp3) is 0.556. The molecule has 0 saturated carbocycles. The van der Waals surface area contributed by atoms with Crippen molar-refractivity contribution in [2.24, 2.45) is 0 Å². The first-order chi connectivity index (χ1) is 7.15. The number of nitrogen functional groups attached to an aromatic ring is 1. The summed E-state index contributed by atoms with van der Waals surface area (Å²) in [6.45, 7) is 1.62. The van der Waals surface area contributed by atoms with Crippen LogP contribution in [0, 0.1) is 0 Å². The van der Waals surface area contributed by atoms with Gasteiger partial charge in [-0.25, -0.2) is 4.98 Å². The van der Waals surface area contributed by atoms with E-state index in [0.29, 0.717) is 10.8 Å². The number of aromatic nitrogens is 1. The highest BCUT2D eigenvalue weighted by atomic mass is 32.1. The van der Waals surface area contributed by atoms with Crippen LogP contribution in [0.25, 0.3) is 0 Å². The first-order valence-corrected chi connectivity index (χ1v) is 5.64. The summed E-state index contributed by atoms with van der Waals surface area (Å²) in [6, 6.07) is 0. The average Bonchev–Trinajstić information content (AvgIpc) is 2.64. The molecule has 5 nitrogen and oxygen atoms in total. The number of carbonyl (C=O) groups is 1. The average molecular weight is 228 g/mol. The third-order valence-corrected chi connectivity index (χ3v) is 2.68. The quantitative estimate of drug-likeness (QED) is 0.716. The van der Waals surface area contributed by atoms with Crippen molar-refractivity contribution in [3.8, 4) is 0 Å². The first kappa shape index (κ1) is 11.9. The van der Waals surface area contributed by atoms with Gasteiger partial charge in [0.25, 0.3) is 5.91 Å². The molecule has 0 aliphatic heterocycles. The van der Waals surface area contributed by atoms with Gasteiger partial charge in [0, 0.05) is 19.0 Å². The van der Waals surface area contributed by atoms with Crippen molar-refractivity contribution < 1.29 is 4.79 Å². The highest BCUT2D eigenvalue weighted by Crippen LogP contribution is 2.12. The molecule has 0 aliphatic carbocycles. The predicted octanol–water partition coefficient (Wildman–Crippen LogP) is 0.407. The summed E-state index contributed by atoms with van der Waals surface area (Å²) in [5.74, 6) is -0.0703. The third-order valence-electron chi connectivity index (χ3n) is 2.01. The molecule has 0 spiro atoms. The van der Waals surface area contributed by atoms with Crippen LogP contribution in [0.3, 0.4) is 0 Å². The van der Waals surface area contributed by atoms with Crippen LogP contribution in [0.5, 0.6) is 0 Å². The Morgan fingerprint density at radius 3 is 3.00 bits per heavy atom. The second-order valence-electron chi connectivity index (χ2n) is 3.25. The molecule has 1 rings (SSSR count). The Morgan fingerprint density at radius 1 is 1.73 bits per heavy atom. The highest BCUT2D eigenvalue weighted by Gasteiger charge is 2.13. The van der Waals surface area contributed by atoms with E-state index in [1.807, 2.05) is 7.05 Å². The normalized spacial score (nSPS) is 10.3. The Morgan fingerprint density at radius 2 is 2.47 bits per heavy atom. The lowest BCUT2D eigenvalue weighted by atomic mass is 10.3. The Labute approximate surface area is 93.3 Å². The standard InChI is InChI=1S/C9H16N4OS/c1-11-4-3-5-13(2)8(14)7-6-15-9(10)12-7/h6,11H,3-5H2,1-2H3,(H2,10,12). The fourth-order valence-electron chi connectivity index (χ4n) is 1.18. The van der Waals surface area contributed by atoms with Gasteiger partial charge in [0.2, 0.25) is 0 Å². The zero-order valence-electron chi connectivity index (χ0n) is 8.99. The number of nitrogens with zero attached hydrogens (tertiary/aromatic N) is 2. The van der Waals surface area contributed by atoms with Gasteiger partial charge in [-0.05, 0) is 20.0 Å². The molecule has 3 N–H and O–H groups in total. The smallest absolute Gasteiger partial charge is 0.273 e. The van der Waals surface area contributed by atoms with Crippen molar-refractivity contribution in [2.45, 2.75) is 6.42 Å². The van der Waals surface area contributed by atoms with Crippen LogP contribution in [0.2, 0.25) is 0 Å². The van der Waals surface area contributed by atoms with E-state index in [9.17, 15) is 4.79 Å². The fourth-order valence-corrected chi connectivity index (χ4v) is 1.71. The Kier molecular flexibility index (Phi) is 4.51. The number of carbonyl (C=O) groups excluding carboxylic acids is 1. The van der Waals surface area contributed by atoms with Gasteiger partial charge in [-0.2, -0.15) is 0 Å². The van der Waals surface area contributed by atoms with E-state index in [2.05, 4.69) is 10.3 Å². The Bertz CT molecular complexity index is 326. The van der Waals surface area contributed by atoms with Gasteiger partial charge in [0.1, 0.15) is 5.69 Å². The molecule has 0 radical (unpaired) electrons. The lowest BCUT2D eigenvalue weighted by Gasteiger charge is -2.15. The van der Waals surface area contributed by atoms with Crippen LogP contribution in [0.15, 0.2) is 5.38 Å². The van der Waals surface area contributed by atoms with Gasteiger partial charge >= 0.3 is 0 Å². The molecule has 1 aromatic heterocycles. The maximum Gasteiger partial charge on any atom is 0.273 e. The molecular formula is C9H16N4OS. The van der Waals surface area contributed by atoms with Crippen molar-refractivity contribution >= 4 is 22.4 Å². The lowest BCUT2D eigenvalue weighted by Crippen LogP contribution is -2.29. The Hall–Kier alpha value is -1.14. The number of thiazole rings is 1. The summed E-state index contributed by atoms with van der Waals surface area (Å²) in [5, 5.41) is 5.15. The van der Waals surface area contributed by atoms with Crippen molar-refractivity contribution in [3.05, 3.63) is 11.1 Å². The summed E-state index contributed by atoms with van der Waals surface area (Å²) in [7, 11) is 3.66. The van der Waals surface area contributed by atoms with Gasteiger partial charge in [0.05, 0.1) is 0 Å². The van der Waals surface area contributed by atoms with E-state index >= 15 is 0 Å². The van der Waals surface area contributed by atoms with Crippen LogP contribution in [0.1, 0.15) is 16.9 Å². The maximum atomic E-state index is 11.7. The molecule has 0 aromatic carbocycles. The van der Waals surface area contributed by atoms with E-state index in [-0.39, 0.29) is 5.91 Å². The summed E-state index contributed by atoms with van der Waals surface area (Å²) in [4.78, 5) is 17.4. The van der Waals surface area contributed by atoms with Crippen molar-refractivity contribution in [1.82, 2.24) is 15.2 Å². The number of nitrogens with one attached hydrogen (secondary N) is 1. The highest BCUT2D eigenvalue weighted by molar-refractivity contribution is 7.13. The molecule has 84 valence electrons. The topological polar surface area (TPSA) is 71.2 Å². The number of hydrogen-bond acceptors (Lipinski definition) is 5. The molecule has 1 heterocycles. The first-order valence-electron chi connectivity index (χ1n) is 4.76. The van der Waals surface area contributed by atoms with Gasteiger partial charge in [-0.1, -0.05) is 0 Å². The monoisotopic (exact) mass is 228 g/mol. The number of nitrogens with two attached hydrogens (primary N) is 1. The number of rotatable bonds is 5. The molecule has 0 aliphatic rings. The van der Waals surface area contributed by atoms with E-state index in [0.717, 1.165) is 19.5 Å². The maximum absolute atomic E-state index is 11.7. The van der Waals surface area contributed by atoms with Crippen LogP contribution in [0.4, 0.5) is 5.13 Å². The molecule has 0 unspecified atom stereocenters. The van der Waals surface area contributed by atoms with Crippen molar-refractivity contribution in [2.75, 3.05) is 32.9 Å². The molecule has 0 fully saturated rings. The van der Waals surface area contributed by atoms with E-state index < -0.39 is 0 Å². The zero-order chi connectivity index (χ0) is 11.3. The van der Waals surface area contributed by atoms with Gasteiger partial charge in [0.15, 0.2) is 5.13 Å². The van der Waals surface area contributed by atoms with Gasteiger partial charge in [-0.15, -0.1) is 11.3 Å². The van der Waals surface area contributed by atoms with E-state index in [1.165, 1.54) is 11.3 Å². The lowest BCUT2D eigenvalue weighted by molar-refractivity contribution is 0.0789. The molecule has 1 aromatic rings. The van der Waals surface area contributed by atoms with Gasteiger partial charge < -0.3 is 16.0 Å². The second kappa shape index (κ2) is 5.67. The predicted molar refractivity (Wildman–Crippen MR) is 62.0 cm³/mol. The minimum Gasteiger partial charge on any atom is -0.375 e.